The van der Waals surface area contributed by atoms with E-state index in [2.05, 4.69) is 25.5 Å². The lowest BCUT2D eigenvalue weighted by Crippen LogP contribution is -2.28. The third-order valence-electron chi connectivity index (χ3n) is 3.92. The van der Waals surface area contributed by atoms with Gasteiger partial charge < -0.3 is 4.98 Å². The summed E-state index contributed by atoms with van der Waals surface area (Å²) in [6.45, 7) is 8.10. The predicted molar refractivity (Wildman–Crippen MR) is 86.2 cm³/mol. The second kappa shape index (κ2) is 5.36. The Morgan fingerprint density at radius 3 is 2.77 bits per heavy atom. The van der Waals surface area contributed by atoms with E-state index in [1.165, 1.54) is 0 Å². The zero-order valence-corrected chi connectivity index (χ0v) is 13.1. The largest absolute Gasteiger partial charge is 0.358 e. The van der Waals surface area contributed by atoms with Gasteiger partial charge in [-0.15, -0.1) is 5.11 Å². The number of nitrogens with zero attached hydrogens (tertiary/aromatic N) is 3. The van der Waals surface area contributed by atoms with Crippen LogP contribution in [0, 0.1) is 19.8 Å². The minimum atomic E-state index is -0.220. The predicted octanol–water partition coefficient (Wildman–Crippen LogP) is 3.32. The third-order valence-corrected chi connectivity index (χ3v) is 3.92. The van der Waals surface area contributed by atoms with Crippen molar-refractivity contribution in [3.05, 3.63) is 35.0 Å². The number of carbonyl (C=O) groups is 1. The molecule has 6 heteroatoms. The topological polar surface area (TPSA) is 82.0 Å². The summed E-state index contributed by atoms with van der Waals surface area (Å²) in [5.74, 6) is 0.327. The zero-order valence-electron chi connectivity index (χ0n) is 13.1. The van der Waals surface area contributed by atoms with Crippen molar-refractivity contribution < 1.29 is 4.79 Å². The van der Waals surface area contributed by atoms with E-state index in [1.54, 1.807) is 6.07 Å². The van der Waals surface area contributed by atoms with Gasteiger partial charge in [-0.05, 0) is 43.5 Å². The van der Waals surface area contributed by atoms with Gasteiger partial charge in [0.25, 0.3) is 5.91 Å². The lowest BCUT2D eigenvalue weighted by Gasteiger charge is -2.05. The number of amides is 1. The van der Waals surface area contributed by atoms with Gasteiger partial charge in [0, 0.05) is 22.2 Å². The average Bonchev–Trinajstić information content (AvgIpc) is 3.05. The summed E-state index contributed by atoms with van der Waals surface area (Å²) in [6.07, 6.45) is -0.202. The van der Waals surface area contributed by atoms with Gasteiger partial charge in [0.2, 0.25) is 5.96 Å². The van der Waals surface area contributed by atoms with E-state index in [9.17, 15) is 4.79 Å². The molecule has 1 aromatic heterocycles. The molecule has 3 rings (SSSR count). The number of benzene rings is 1. The number of aromatic nitrogens is 1. The number of carbonyl (C=O) groups excluding carboxylic acids is 1. The molecule has 0 radical (unpaired) electrons. The van der Waals surface area contributed by atoms with Gasteiger partial charge >= 0.3 is 0 Å². The van der Waals surface area contributed by atoms with Crippen molar-refractivity contribution in [2.45, 2.75) is 33.9 Å². The molecule has 0 spiro atoms. The Kier molecular flexibility index (Phi) is 3.52. The number of rotatable bonds is 2. The van der Waals surface area contributed by atoms with Crippen molar-refractivity contribution in [2.24, 2.45) is 21.1 Å². The zero-order chi connectivity index (χ0) is 15.9. The molecule has 6 nitrogen and oxygen atoms in total. The summed E-state index contributed by atoms with van der Waals surface area (Å²) in [7, 11) is 0. The van der Waals surface area contributed by atoms with Crippen LogP contribution in [0.15, 0.2) is 33.4 Å². The molecule has 1 aliphatic heterocycles. The lowest BCUT2D eigenvalue weighted by atomic mass is 10.1. The standard InChI is InChI=1S/C16H19N5O/c1-8(2)14-18-16(21-20-14)19-15(22)11-5-6-13-12(7-11)9(3)10(4)17-13/h5-8,14,17H,1-4H3,(H,18,19,22). The first-order valence-corrected chi connectivity index (χ1v) is 7.34. The summed E-state index contributed by atoms with van der Waals surface area (Å²) in [5, 5.41) is 11.7. The number of guanidine groups is 1. The van der Waals surface area contributed by atoms with Crippen LogP contribution in [-0.2, 0) is 0 Å². The Morgan fingerprint density at radius 1 is 1.32 bits per heavy atom. The Labute approximate surface area is 128 Å². The van der Waals surface area contributed by atoms with Crippen LogP contribution in [0.5, 0.6) is 0 Å². The van der Waals surface area contributed by atoms with Gasteiger partial charge in [-0.3, -0.25) is 10.1 Å². The van der Waals surface area contributed by atoms with Gasteiger partial charge in [0.15, 0.2) is 6.17 Å². The van der Waals surface area contributed by atoms with Gasteiger partial charge in [0.1, 0.15) is 0 Å². The first-order chi connectivity index (χ1) is 10.5. The van der Waals surface area contributed by atoms with Gasteiger partial charge in [-0.25, -0.2) is 4.99 Å². The van der Waals surface area contributed by atoms with Crippen LogP contribution in [0.1, 0.15) is 35.5 Å². The highest BCUT2D eigenvalue weighted by molar-refractivity contribution is 6.07. The number of hydrogen-bond acceptors (Lipinski definition) is 4. The van der Waals surface area contributed by atoms with Crippen LogP contribution < -0.4 is 5.32 Å². The molecule has 1 amide bonds. The first kappa shape index (κ1) is 14.4. The number of fused-ring (bicyclic) bond motifs is 1. The van der Waals surface area contributed by atoms with Crippen molar-refractivity contribution >= 4 is 22.8 Å². The molecule has 22 heavy (non-hydrogen) atoms. The summed E-state index contributed by atoms with van der Waals surface area (Å²) in [6, 6.07) is 5.59. The molecule has 0 aliphatic carbocycles. The van der Waals surface area contributed by atoms with E-state index < -0.39 is 0 Å². The van der Waals surface area contributed by atoms with Gasteiger partial charge in [-0.2, -0.15) is 5.11 Å². The summed E-state index contributed by atoms with van der Waals surface area (Å²) < 4.78 is 0. The van der Waals surface area contributed by atoms with Crippen molar-refractivity contribution in [1.29, 1.82) is 0 Å². The van der Waals surface area contributed by atoms with Crippen LogP contribution in [0.2, 0.25) is 0 Å². The molecule has 2 heterocycles. The number of aryl methyl sites for hydroxylation is 2. The molecule has 1 unspecified atom stereocenters. The normalized spacial score (nSPS) is 17.3. The molecule has 0 bridgehead atoms. The maximum atomic E-state index is 12.3. The number of H-pyrrole nitrogens is 1. The molecule has 0 fully saturated rings. The fraction of sp³-hybridized carbons (Fsp3) is 0.375. The number of azo groups is 1. The van der Waals surface area contributed by atoms with Gasteiger partial charge in [0.05, 0.1) is 0 Å². The molecule has 1 atom stereocenters. The maximum Gasteiger partial charge on any atom is 0.258 e. The van der Waals surface area contributed by atoms with Crippen molar-refractivity contribution in [3.63, 3.8) is 0 Å². The molecule has 2 N–H and O–H groups in total. The first-order valence-electron chi connectivity index (χ1n) is 7.34. The fourth-order valence-corrected chi connectivity index (χ4v) is 2.41. The van der Waals surface area contributed by atoms with E-state index >= 15 is 0 Å². The smallest absolute Gasteiger partial charge is 0.258 e. The Bertz CT molecular complexity index is 800. The molecule has 2 aromatic rings. The van der Waals surface area contributed by atoms with Crippen LogP contribution in [-0.4, -0.2) is 23.0 Å². The monoisotopic (exact) mass is 297 g/mol. The van der Waals surface area contributed by atoms with E-state index in [0.29, 0.717) is 5.56 Å². The number of nitrogens with one attached hydrogen (secondary N) is 2. The molecular formula is C16H19N5O. The van der Waals surface area contributed by atoms with Crippen LogP contribution in [0.25, 0.3) is 10.9 Å². The van der Waals surface area contributed by atoms with Crippen LogP contribution >= 0.6 is 0 Å². The maximum absolute atomic E-state index is 12.3. The summed E-state index contributed by atoms with van der Waals surface area (Å²) in [4.78, 5) is 19.9. The minimum absolute atomic E-state index is 0.202. The molecule has 1 aromatic carbocycles. The van der Waals surface area contributed by atoms with E-state index in [-0.39, 0.29) is 24.0 Å². The van der Waals surface area contributed by atoms with Gasteiger partial charge in [-0.1, -0.05) is 13.8 Å². The van der Waals surface area contributed by atoms with Crippen molar-refractivity contribution in [2.75, 3.05) is 0 Å². The number of hydrogen-bond donors (Lipinski definition) is 2. The van der Waals surface area contributed by atoms with Crippen molar-refractivity contribution in [3.8, 4) is 0 Å². The average molecular weight is 297 g/mol. The van der Waals surface area contributed by atoms with E-state index in [1.807, 2.05) is 39.8 Å². The Hall–Kier alpha value is -2.50. The number of aliphatic imine (C=N–C) groups is 1. The highest BCUT2D eigenvalue weighted by Crippen LogP contribution is 2.22. The molecule has 1 aliphatic rings. The summed E-state index contributed by atoms with van der Waals surface area (Å²) in [5.41, 5.74) is 3.88. The second-order valence-corrected chi connectivity index (χ2v) is 5.92. The van der Waals surface area contributed by atoms with Crippen LogP contribution in [0.3, 0.4) is 0 Å². The Morgan fingerprint density at radius 2 is 2.09 bits per heavy atom. The van der Waals surface area contributed by atoms with E-state index in [0.717, 1.165) is 22.2 Å². The molecule has 0 saturated heterocycles. The molecule has 114 valence electrons. The molecular weight excluding hydrogens is 278 g/mol. The molecule has 0 saturated carbocycles. The van der Waals surface area contributed by atoms with E-state index in [4.69, 9.17) is 0 Å². The summed E-state index contributed by atoms with van der Waals surface area (Å²) >= 11 is 0. The highest BCUT2D eigenvalue weighted by atomic mass is 16.1. The third kappa shape index (κ3) is 2.52. The Balaban J connectivity index is 1.83. The minimum Gasteiger partial charge on any atom is -0.358 e. The lowest BCUT2D eigenvalue weighted by molar-refractivity contribution is 0.0977. The SMILES string of the molecule is Cc1[nH]c2ccc(C(=O)NC3=NC(C(C)C)N=N3)cc2c1C. The highest BCUT2D eigenvalue weighted by Gasteiger charge is 2.19. The fourth-order valence-electron chi connectivity index (χ4n) is 2.41. The quantitative estimate of drug-likeness (QED) is 0.875. The number of aromatic amines is 1. The van der Waals surface area contributed by atoms with Crippen LogP contribution in [0.4, 0.5) is 0 Å². The van der Waals surface area contributed by atoms with Crippen molar-refractivity contribution in [1.82, 2.24) is 10.3 Å². The second-order valence-electron chi connectivity index (χ2n) is 5.92.